The lowest BCUT2D eigenvalue weighted by Crippen LogP contribution is -2.35. The molecular formula is C18H15Cl2N3O2. The first-order valence-electron chi connectivity index (χ1n) is 7.92. The van der Waals surface area contributed by atoms with E-state index in [1.165, 1.54) is 0 Å². The summed E-state index contributed by atoms with van der Waals surface area (Å²) in [6.07, 6.45) is 2.20. The fourth-order valence-electron chi connectivity index (χ4n) is 3.06. The molecule has 5 nitrogen and oxygen atoms in total. The van der Waals surface area contributed by atoms with E-state index < -0.39 is 0 Å². The van der Waals surface area contributed by atoms with Crippen LogP contribution in [-0.4, -0.2) is 21.4 Å². The summed E-state index contributed by atoms with van der Waals surface area (Å²) in [6.45, 7) is 2.00. The van der Waals surface area contributed by atoms with Gasteiger partial charge in [0.15, 0.2) is 11.6 Å². The van der Waals surface area contributed by atoms with Gasteiger partial charge >= 0.3 is 0 Å². The lowest BCUT2D eigenvalue weighted by atomic mass is 10.1. The summed E-state index contributed by atoms with van der Waals surface area (Å²) in [6, 6.07) is 8.99. The largest absolute Gasteiger partial charge is 0.461 e. The molecule has 0 atom stereocenters. The number of nitrogens with zero attached hydrogens (tertiary/aromatic N) is 2. The minimum Gasteiger partial charge on any atom is -0.461 e. The van der Waals surface area contributed by atoms with E-state index in [9.17, 15) is 4.79 Å². The highest BCUT2D eigenvalue weighted by Gasteiger charge is 2.22. The van der Waals surface area contributed by atoms with Gasteiger partial charge in [-0.25, -0.2) is 4.98 Å². The Morgan fingerprint density at radius 3 is 2.96 bits per heavy atom. The predicted octanol–water partition coefficient (Wildman–Crippen LogP) is 3.90. The third-order valence-electron chi connectivity index (χ3n) is 4.31. The van der Waals surface area contributed by atoms with Gasteiger partial charge in [0.1, 0.15) is 0 Å². The normalized spacial score (nSPS) is 14.5. The van der Waals surface area contributed by atoms with Crippen LogP contribution in [-0.2, 0) is 19.5 Å². The molecule has 7 heteroatoms. The van der Waals surface area contributed by atoms with Crippen molar-refractivity contribution in [1.82, 2.24) is 14.9 Å². The SMILES string of the molecule is O=c1[nH]c(-c2ccco2)nc2c1CCN(Cc1cc(Cl)ccc1Cl)C2. The zero-order valence-electron chi connectivity index (χ0n) is 13.3. The van der Waals surface area contributed by atoms with Crippen molar-refractivity contribution in [3.05, 3.63) is 73.8 Å². The van der Waals surface area contributed by atoms with Gasteiger partial charge in [0.2, 0.25) is 0 Å². The van der Waals surface area contributed by atoms with Crippen molar-refractivity contribution in [2.45, 2.75) is 19.5 Å². The Morgan fingerprint density at radius 2 is 2.16 bits per heavy atom. The summed E-state index contributed by atoms with van der Waals surface area (Å²) < 4.78 is 5.34. The molecule has 1 aliphatic rings. The van der Waals surface area contributed by atoms with Crippen molar-refractivity contribution in [3.8, 4) is 11.6 Å². The first-order valence-corrected chi connectivity index (χ1v) is 8.68. The van der Waals surface area contributed by atoms with Crippen molar-refractivity contribution in [1.29, 1.82) is 0 Å². The summed E-state index contributed by atoms with van der Waals surface area (Å²) in [7, 11) is 0. The van der Waals surface area contributed by atoms with Crippen LogP contribution in [0.3, 0.4) is 0 Å². The average Bonchev–Trinajstić information content (AvgIpc) is 3.12. The zero-order chi connectivity index (χ0) is 17.4. The molecule has 0 unspecified atom stereocenters. The van der Waals surface area contributed by atoms with Gasteiger partial charge in [-0.15, -0.1) is 0 Å². The second-order valence-electron chi connectivity index (χ2n) is 6.01. The highest BCUT2D eigenvalue weighted by Crippen LogP contribution is 2.25. The van der Waals surface area contributed by atoms with Crippen molar-refractivity contribution in [3.63, 3.8) is 0 Å². The van der Waals surface area contributed by atoms with Crippen LogP contribution >= 0.6 is 23.2 Å². The lowest BCUT2D eigenvalue weighted by molar-refractivity contribution is 0.240. The quantitative estimate of drug-likeness (QED) is 0.753. The summed E-state index contributed by atoms with van der Waals surface area (Å²) in [5.74, 6) is 1.01. The van der Waals surface area contributed by atoms with Gasteiger partial charge in [-0.3, -0.25) is 9.69 Å². The maximum Gasteiger partial charge on any atom is 0.254 e. The van der Waals surface area contributed by atoms with E-state index in [1.807, 2.05) is 6.07 Å². The monoisotopic (exact) mass is 375 g/mol. The molecule has 2 aromatic heterocycles. The van der Waals surface area contributed by atoms with Crippen molar-refractivity contribution >= 4 is 23.2 Å². The maximum absolute atomic E-state index is 12.3. The highest BCUT2D eigenvalue weighted by molar-refractivity contribution is 6.33. The number of furan rings is 1. The van der Waals surface area contributed by atoms with E-state index in [4.69, 9.17) is 27.6 Å². The van der Waals surface area contributed by atoms with Crippen LogP contribution < -0.4 is 5.56 Å². The summed E-state index contributed by atoms with van der Waals surface area (Å²) in [4.78, 5) is 22.0. The number of hydrogen-bond acceptors (Lipinski definition) is 4. The van der Waals surface area contributed by atoms with Gasteiger partial charge in [-0.2, -0.15) is 0 Å². The molecule has 0 bridgehead atoms. The Labute approximate surface area is 154 Å². The minimum atomic E-state index is -0.100. The summed E-state index contributed by atoms with van der Waals surface area (Å²) >= 11 is 12.3. The molecule has 0 fully saturated rings. The van der Waals surface area contributed by atoms with Crippen LogP contribution in [0, 0.1) is 0 Å². The summed E-state index contributed by atoms with van der Waals surface area (Å²) in [5, 5.41) is 1.34. The van der Waals surface area contributed by atoms with E-state index in [1.54, 1.807) is 30.5 Å². The molecule has 0 aliphatic carbocycles. The van der Waals surface area contributed by atoms with Crippen molar-refractivity contribution in [2.24, 2.45) is 0 Å². The van der Waals surface area contributed by atoms with Crippen LogP contribution in [0.15, 0.2) is 45.8 Å². The van der Waals surface area contributed by atoms with Crippen molar-refractivity contribution in [2.75, 3.05) is 6.54 Å². The number of halogens is 2. The molecule has 0 radical (unpaired) electrons. The van der Waals surface area contributed by atoms with Gasteiger partial charge in [0.25, 0.3) is 5.56 Å². The molecule has 128 valence electrons. The molecule has 0 spiro atoms. The predicted molar refractivity (Wildman–Crippen MR) is 96.8 cm³/mol. The number of benzene rings is 1. The van der Waals surface area contributed by atoms with Gasteiger partial charge in [0, 0.05) is 35.2 Å². The molecule has 4 rings (SSSR count). The van der Waals surface area contributed by atoms with Crippen LogP contribution in [0.4, 0.5) is 0 Å². The van der Waals surface area contributed by atoms with E-state index in [0.717, 1.165) is 23.4 Å². The van der Waals surface area contributed by atoms with E-state index >= 15 is 0 Å². The smallest absolute Gasteiger partial charge is 0.254 e. The third-order valence-corrected chi connectivity index (χ3v) is 4.91. The first-order chi connectivity index (χ1) is 12.1. The Balaban J connectivity index is 1.62. The summed E-state index contributed by atoms with van der Waals surface area (Å²) in [5.41, 5.74) is 2.38. The fraction of sp³-hybridized carbons (Fsp3) is 0.222. The Kier molecular flexibility index (Phi) is 4.37. The second-order valence-corrected chi connectivity index (χ2v) is 6.86. The molecular weight excluding hydrogens is 361 g/mol. The molecule has 3 aromatic rings. The standard InChI is InChI=1S/C18H15Cl2N3O2/c19-12-3-4-14(20)11(8-12)9-23-6-5-13-15(10-23)21-17(22-18(13)24)16-2-1-7-25-16/h1-4,7-8H,5-6,9-10H2,(H,21,22,24). The van der Waals surface area contributed by atoms with Gasteiger partial charge < -0.3 is 9.40 Å². The van der Waals surface area contributed by atoms with E-state index in [2.05, 4.69) is 14.9 Å². The molecule has 1 aromatic carbocycles. The maximum atomic E-state index is 12.3. The Bertz CT molecular complexity index is 967. The molecule has 25 heavy (non-hydrogen) atoms. The number of H-pyrrole nitrogens is 1. The number of aromatic amines is 1. The molecule has 0 saturated heterocycles. The van der Waals surface area contributed by atoms with Crippen LogP contribution in [0.2, 0.25) is 10.0 Å². The van der Waals surface area contributed by atoms with Gasteiger partial charge in [-0.05, 0) is 42.3 Å². The molecule has 0 amide bonds. The molecule has 1 N–H and O–H groups in total. The van der Waals surface area contributed by atoms with E-state index in [0.29, 0.717) is 41.1 Å². The Morgan fingerprint density at radius 1 is 1.28 bits per heavy atom. The number of rotatable bonds is 3. The van der Waals surface area contributed by atoms with Crippen LogP contribution in [0.25, 0.3) is 11.6 Å². The third kappa shape index (κ3) is 3.35. The van der Waals surface area contributed by atoms with Crippen LogP contribution in [0.1, 0.15) is 16.8 Å². The van der Waals surface area contributed by atoms with Crippen molar-refractivity contribution < 1.29 is 4.42 Å². The number of hydrogen-bond donors (Lipinski definition) is 1. The van der Waals surface area contributed by atoms with E-state index in [-0.39, 0.29) is 5.56 Å². The Hall–Kier alpha value is -2.08. The minimum absolute atomic E-state index is 0.100. The van der Waals surface area contributed by atoms with Crippen LogP contribution in [0.5, 0.6) is 0 Å². The lowest BCUT2D eigenvalue weighted by Gasteiger charge is -2.28. The molecule has 1 aliphatic heterocycles. The number of fused-ring (bicyclic) bond motifs is 1. The fourth-order valence-corrected chi connectivity index (χ4v) is 3.44. The highest BCUT2D eigenvalue weighted by atomic mass is 35.5. The second kappa shape index (κ2) is 6.67. The topological polar surface area (TPSA) is 62.1 Å². The zero-order valence-corrected chi connectivity index (χ0v) is 14.8. The number of nitrogens with one attached hydrogen (secondary N) is 1. The molecule has 0 saturated carbocycles. The first kappa shape index (κ1) is 16.4. The average molecular weight is 376 g/mol. The van der Waals surface area contributed by atoms with Gasteiger partial charge in [-0.1, -0.05) is 23.2 Å². The number of aromatic nitrogens is 2. The molecule has 3 heterocycles. The van der Waals surface area contributed by atoms with Gasteiger partial charge in [0.05, 0.1) is 12.0 Å².